The van der Waals surface area contributed by atoms with Gasteiger partial charge in [-0.15, -0.1) is 11.3 Å². The van der Waals surface area contributed by atoms with E-state index in [0.29, 0.717) is 4.88 Å². The summed E-state index contributed by atoms with van der Waals surface area (Å²) in [5.41, 5.74) is -0.128. The van der Waals surface area contributed by atoms with Gasteiger partial charge < -0.3 is 4.74 Å². The Morgan fingerprint density at radius 2 is 2.47 bits per heavy atom. The van der Waals surface area contributed by atoms with Gasteiger partial charge in [-0.3, -0.25) is 0 Å². The van der Waals surface area contributed by atoms with Crippen LogP contribution in [0.15, 0.2) is 6.20 Å². The molecule has 0 bridgehead atoms. The van der Waals surface area contributed by atoms with Crippen LogP contribution in [0.3, 0.4) is 0 Å². The summed E-state index contributed by atoms with van der Waals surface area (Å²) in [6.07, 6.45) is 4.36. The van der Waals surface area contributed by atoms with Gasteiger partial charge in [-0.25, -0.2) is 9.78 Å². The molecule has 0 radical (unpaired) electrons. The molecule has 1 saturated carbocycles. The number of rotatable bonds is 4. The van der Waals surface area contributed by atoms with Gasteiger partial charge in [0, 0.05) is 5.92 Å². The summed E-state index contributed by atoms with van der Waals surface area (Å²) in [6.45, 7) is 2.05. The summed E-state index contributed by atoms with van der Waals surface area (Å²) in [6, 6.07) is 2.38. The first-order valence-corrected chi connectivity index (χ1v) is 6.37. The minimum Gasteiger partial charge on any atom is -0.465 e. The fraction of sp³-hybridized carbons (Fsp3) is 0.583. The molecule has 17 heavy (non-hydrogen) atoms. The van der Waals surface area contributed by atoms with Crippen molar-refractivity contribution in [3.8, 4) is 6.07 Å². The molecule has 4 nitrogen and oxygen atoms in total. The van der Waals surface area contributed by atoms with Crippen LogP contribution in [0.2, 0.25) is 0 Å². The first-order chi connectivity index (χ1) is 8.10. The van der Waals surface area contributed by atoms with Gasteiger partial charge in [-0.1, -0.05) is 6.92 Å². The molecule has 1 aromatic rings. The predicted molar refractivity (Wildman–Crippen MR) is 63.8 cm³/mol. The van der Waals surface area contributed by atoms with Crippen LogP contribution < -0.4 is 0 Å². The molecular weight excluding hydrogens is 236 g/mol. The van der Waals surface area contributed by atoms with Crippen LogP contribution in [-0.4, -0.2) is 18.1 Å². The number of hydrogen-bond acceptors (Lipinski definition) is 5. The van der Waals surface area contributed by atoms with E-state index in [1.807, 2.05) is 0 Å². The highest BCUT2D eigenvalue weighted by atomic mass is 32.1. The van der Waals surface area contributed by atoms with E-state index in [2.05, 4.69) is 22.7 Å². The SMILES string of the molecule is COC(=O)c1cnc(C(C)CC2(C#N)CC2)s1. The Balaban J connectivity index is 2.05. The first-order valence-electron chi connectivity index (χ1n) is 5.55. The fourth-order valence-corrected chi connectivity index (χ4v) is 2.78. The molecule has 1 aliphatic carbocycles. The zero-order valence-electron chi connectivity index (χ0n) is 9.90. The zero-order chi connectivity index (χ0) is 12.5. The Bertz CT molecular complexity index is 471. The fourth-order valence-electron chi connectivity index (χ4n) is 1.90. The first kappa shape index (κ1) is 12.1. The van der Waals surface area contributed by atoms with Crippen LogP contribution in [0.5, 0.6) is 0 Å². The number of thiazole rings is 1. The van der Waals surface area contributed by atoms with Crippen molar-refractivity contribution in [2.24, 2.45) is 5.41 Å². The molecule has 1 fully saturated rings. The van der Waals surface area contributed by atoms with E-state index >= 15 is 0 Å². The smallest absolute Gasteiger partial charge is 0.349 e. The maximum Gasteiger partial charge on any atom is 0.349 e. The predicted octanol–water partition coefficient (Wildman–Crippen LogP) is 2.73. The standard InChI is InChI=1S/C12H14N2O2S/c1-8(5-12(7-13)3-4-12)10-14-6-9(17-10)11(15)16-2/h6,8H,3-5H2,1-2H3. The number of carbonyl (C=O) groups is 1. The molecule has 1 aromatic heterocycles. The van der Waals surface area contributed by atoms with Gasteiger partial charge >= 0.3 is 5.97 Å². The van der Waals surface area contributed by atoms with Crippen molar-refractivity contribution >= 4 is 17.3 Å². The van der Waals surface area contributed by atoms with E-state index in [-0.39, 0.29) is 17.3 Å². The Labute approximate surface area is 104 Å². The zero-order valence-corrected chi connectivity index (χ0v) is 10.7. The third kappa shape index (κ3) is 2.47. The van der Waals surface area contributed by atoms with Gasteiger partial charge in [0.25, 0.3) is 0 Å². The average molecular weight is 250 g/mol. The van der Waals surface area contributed by atoms with Crippen molar-refractivity contribution in [1.82, 2.24) is 4.98 Å². The van der Waals surface area contributed by atoms with E-state index in [9.17, 15) is 4.79 Å². The number of hydrogen-bond donors (Lipinski definition) is 0. The van der Waals surface area contributed by atoms with E-state index < -0.39 is 0 Å². The minimum atomic E-state index is -0.345. The van der Waals surface area contributed by atoms with Gasteiger partial charge in [0.15, 0.2) is 0 Å². The molecule has 2 rings (SSSR count). The van der Waals surface area contributed by atoms with Crippen molar-refractivity contribution in [1.29, 1.82) is 5.26 Å². The summed E-state index contributed by atoms with van der Waals surface area (Å²) in [5, 5.41) is 9.95. The molecule has 0 N–H and O–H groups in total. The van der Waals surface area contributed by atoms with Gasteiger partial charge in [0.05, 0.1) is 29.8 Å². The molecule has 0 spiro atoms. The Hall–Kier alpha value is -1.41. The molecule has 0 amide bonds. The van der Waals surface area contributed by atoms with Crippen LogP contribution in [0.4, 0.5) is 0 Å². The summed E-state index contributed by atoms with van der Waals surface area (Å²) in [7, 11) is 1.36. The van der Waals surface area contributed by atoms with Gasteiger partial charge in [-0.2, -0.15) is 5.26 Å². The van der Waals surface area contributed by atoms with Crippen molar-refractivity contribution < 1.29 is 9.53 Å². The van der Waals surface area contributed by atoms with E-state index in [4.69, 9.17) is 5.26 Å². The van der Waals surface area contributed by atoms with Crippen molar-refractivity contribution in [3.63, 3.8) is 0 Å². The molecule has 90 valence electrons. The average Bonchev–Trinajstić information content (AvgIpc) is 2.93. The Kier molecular flexibility index (Phi) is 3.16. The number of aromatic nitrogens is 1. The molecule has 1 atom stereocenters. The summed E-state index contributed by atoms with van der Waals surface area (Å²) in [5.74, 6) is -0.122. The topological polar surface area (TPSA) is 63.0 Å². The van der Waals surface area contributed by atoms with Crippen LogP contribution in [0, 0.1) is 16.7 Å². The van der Waals surface area contributed by atoms with Crippen LogP contribution >= 0.6 is 11.3 Å². The van der Waals surface area contributed by atoms with Crippen molar-refractivity contribution in [3.05, 3.63) is 16.1 Å². The number of methoxy groups -OCH3 is 1. The quantitative estimate of drug-likeness (QED) is 0.771. The lowest BCUT2D eigenvalue weighted by Gasteiger charge is -2.10. The highest BCUT2D eigenvalue weighted by Crippen LogP contribution is 2.51. The van der Waals surface area contributed by atoms with E-state index in [1.54, 1.807) is 6.20 Å². The molecule has 1 heterocycles. The van der Waals surface area contributed by atoms with Crippen molar-refractivity contribution in [2.45, 2.75) is 32.1 Å². The maximum atomic E-state index is 11.3. The van der Waals surface area contributed by atoms with Gasteiger partial charge in [-0.05, 0) is 19.3 Å². The van der Waals surface area contributed by atoms with Crippen LogP contribution in [-0.2, 0) is 4.74 Å². The molecule has 0 aromatic carbocycles. The molecule has 1 unspecified atom stereocenters. The van der Waals surface area contributed by atoms with Crippen LogP contribution in [0.25, 0.3) is 0 Å². The van der Waals surface area contributed by atoms with Crippen molar-refractivity contribution in [2.75, 3.05) is 7.11 Å². The lowest BCUT2D eigenvalue weighted by atomic mass is 9.95. The lowest BCUT2D eigenvalue weighted by Crippen LogP contribution is -2.03. The van der Waals surface area contributed by atoms with Gasteiger partial charge in [0.2, 0.25) is 0 Å². The third-order valence-corrected chi connectivity index (χ3v) is 4.33. The Morgan fingerprint density at radius 1 is 1.76 bits per heavy atom. The number of nitriles is 1. The highest BCUT2D eigenvalue weighted by molar-refractivity contribution is 7.13. The van der Waals surface area contributed by atoms with Gasteiger partial charge in [0.1, 0.15) is 4.88 Å². The Morgan fingerprint density at radius 3 is 3.00 bits per heavy atom. The second kappa shape index (κ2) is 4.46. The summed E-state index contributed by atoms with van der Waals surface area (Å²) >= 11 is 1.36. The third-order valence-electron chi connectivity index (χ3n) is 3.12. The normalized spacial score (nSPS) is 18.2. The maximum absolute atomic E-state index is 11.3. The minimum absolute atomic E-state index is 0.128. The molecule has 5 heteroatoms. The van der Waals surface area contributed by atoms with E-state index in [1.165, 1.54) is 18.4 Å². The molecule has 0 aliphatic heterocycles. The summed E-state index contributed by atoms with van der Waals surface area (Å²) < 4.78 is 4.64. The number of nitrogens with zero attached hydrogens (tertiary/aromatic N) is 2. The lowest BCUT2D eigenvalue weighted by molar-refractivity contribution is 0.0606. The van der Waals surface area contributed by atoms with Crippen LogP contribution in [0.1, 0.15) is 46.8 Å². The monoisotopic (exact) mass is 250 g/mol. The molecule has 1 aliphatic rings. The second-order valence-electron chi connectivity index (χ2n) is 4.55. The second-order valence-corrected chi connectivity index (χ2v) is 5.61. The van der Waals surface area contributed by atoms with E-state index in [0.717, 1.165) is 24.3 Å². The number of ether oxygens (including phenoxy) is 1. The summed E-state index contributed by atoms with van der Waals surface area (Å²) in [4.78, 5) is 16.1. The largest absolute Gasteiger partial charge is 0.465 e. The number of esters is 1. The number of carbonyl (C=O) groups excluding carboxylic acids is 1. The molecular formula is C12H14N2O2S. The highest BCUT2D eigenvalue weighted by Gasteiger charge is 2.44. The molecule has 0 saturated heterocycles.